The molecule has 4 heteroatoms. The highest BCUT2D eigenvalue weighted by atomic mass is 16.3. The zero-order chi connectivity index (χ0) is 13.8. The third-order valence-electron chi connectivity index (χ3n) is 3.71. The van der Waals surface area contributed by atoms with Gasteiger partial charge in [0.1, 0.15) is 0 Å². The van der Waals surface area contributed by atoms with E-state index in [0.29, 0.717) is 12.1 Å². The Morgan fingerprint density at radius 3 is 3.00 bits per heavy atom. The van der Waals surface area contributed by atoms with E-state index in [2.05, 4.69) is 17.1 Å². The van der Waals surface area contributed by atoms with Crippen LogP contribution in [0.15, 0.2) is 24.3 Å². The van der Waals surface area contributed by atoms with E-state index >= 15 is 0 Å². The summed E-state index contributed by atoms with van der Waals surface area (Å²) in [5, 5.41) is 12.5. The number of carbonyl (C=O) groups is 1. The summed E-state index contributed by atoms with van der Waals surface area (Å²) >= 11 is 0. The lowest BCUT2D eigenvalue weighted by molar-refractivity contribution is 0.101. The molecule has 1 heterocycles. The van der Waals surface area contributed by atoms with Crippen LogP contribution in [0.1, 0.15) is 30.6 Å². The minimum absolute atomic E-state index is 0.0940. The number of carbonyl (C=O) groups excluding carboxylic acids is 1. The summed E-state index contributed by atoms with van der Waals surface area (Å²) in [6, 6.07) is 8.48. The Bertz CT molecular complexity index is 448. The van der Waals surface area contributed by atoms with Crippen LogP contribution >= 0.6 is 0 Å². The lowest BCUT2D eigenvalue weighted by atomic mass is 10.0. The number of rotatable bonds is 4. The van der Waals surface area contributed by atoms with Gasteiger partial charge < -0.3 is 15.3 Å². The Kier molecular flexibility index (Phi) is 4.56. The molecule has 1 aromatic rings. The predicted molar refractivity (Wildman–Crippen MR) is 76.7 cm³/mol. The molecule has 0 radical (unpaired) electrons. The van der Waals surface area contributed by atoms with Crippen LogP contribution in [-0.2, 0) is 0 Å². The first-order valence-corrected chi connectivity index (χ1v) is 6.83. The molecule has 4 nitrogen and oxygen atoms in total. The largest absolute Gasteiger partial charge is 0.396 e. The van der Waals surface area contributed by atoms with E-state index in [9.17, 15) is 4.79 Å². The van der Waals surface area contributed by atoms with Crippen LogP contribution < -0.4 is 10.2 Å². The zero-order valence-corrected chi connectivity index (χ0v) is 11.6. The zero-order valence-electron chi connectivity index (χ0n) is 11.6. The first-order chi connectivity index (χ1) is 9.11. The van der Waals surface area contributed by atoms with E-state index in [1.165, 1.54) is 0 Å². The maximum Gasteiger partial charge on any atom is 0.159 e. The summed E-state index contributed by atoms with van der Waals surface area (Å²) in [7, 11) is 0. The first-order valence-electron chi connectivity index (χ1n) is 6.83. The van der Waals surface area contributed by atoms with Gasteiger partial charge >= 0.3 is 0 Å². The number of nitrogens with one attached hydrogen (secondary N) is 1. The summed E-state index contributed by atoms with van der Waals surface area (Å²) in [5.41, 5.74) is 1.84. The van der Waals surface area contributed by atoms with Crippen molar-refractivity contribution < 1.29 is 9.90 Å². The quantitative estimate of drug-likeness (QED) is 0.806. The summed E-state index contributed by atoms with van der Waals surface area (Å²) in [6.45, 7) is 5.73. The monoisotopic (exact) mass is 262 g/mol. The molecular weight excluding hydrogens is 240 g/mol. The molecule has 1 aliphatic rings. The van der Waals surface area contributed by atoms with Crippen molar-refractivity contribution in [1.29, 1.82) is 0 Å². The van der Waals surface area contributed by atoms with Crippen molar-refractivity contribution in [3.05, 3.63) is 29.8 Å². The lowest BCUT2D eigenvalue weighted by Crippen LogP contribution is -2.55. The average Bonchev–Trinajstić information content (AvgIpc) is 2.41. The van der Waals surface area contributed by atoms with Crippen LogP contribution in [0.2, 0.25) is 0 Å². The van der Waals surface area contributed by atoms with Crippen LogP contribution in [-0.4, -0.2) is 42.7 Å². The smallest absolute Gasteiger partial charge is 0.159 e. The van der Waals surface area contributed by atoms with Crippen LogP contribution in [0.4, 0.5) is 5.69 Å². The molecule has 0 bridgehead atoms. The molecule has 2 atom stereocenters. The number of aliphatic hydroxyl groups excluding tert-OH is 1. The van der Waals surface area contributed by atoms with Crippen molar-refractivity contribution in [3.63, 3.8) is 0 Å². The topological polar surface area (TPSA) is 52.6 Å². The van der Waals surface area contributed by atoms with E-state index in [4.69, 9.17) is 5.11 Å². The van der Waals surface area contributed by atoms with Gasteiger partial charge in [-0.2, -0.15) is 0 Å². The van der Waals surface area contributed by atoms with Crippen molar-refractivity contribution in [1.82, 2.24) is 5.32 Å². The maximum absolute atomic E-state index is 11.5. The Morgan fingerprint density at radius 1 is 1.53 bits per heavy atom. The fourth-order valence-electron chi connectivity index (χ4n) is 2.54. The summed E-state index contributed by atoms with van der Waals surface area (Å²) in [6.07, 6.45) is 0.760. The molecular formula is C15H22N2O2. The molecule has 1 aromatic carbocycles. The van der Waals surface area contributed by atoms with E-state index < -0.39 is 0 Å². The predicted octanol–water partition coefficient (Wildman–Crippen LogP) is 1.44. The third kappa shape index (κ3) is 3.33. The Hall–Kier alpha value is -1.39. The van der Waals surface area contributed by atoms with Crippen molar-refractivity contribution >= 4 is 11.5 Å². The van der Waals surface area contributed by atoms with Gasteiger partial charge in [0.2, 0.25) is 0 Å². The molecule has 0 aromatic heterocycles. The number of benzene rings is 1. The number of ketones is 1. The van der Waals surface area contributed by atoms with Gasteiger partial charge in [-0.1, -0.05) is 12.1 Å². The van der Waals surface area contributed by atoms with E-state index in [0.717, 1.165) is 30.8 Å². The maximum atomic E-state index is 11.5. The second kappa shape index (κ2) is 6.17. The summed E-state index contributed by atoms with van der Waals surface area (Å²) in [4.78, 5) is 13.8. The van der Waals surface area contributed by atoms with Gasteiger partial charge in [-0.15, -0.1) is 0 Å². The molecule has 1 fully saturated rings. The highest BCUT2D eigenvalue weighted by Gasteiger charge is 2.24. The molecule has 1 saturated heterocycles. The van der Waals surface area contributed by atoms with Crippen molar-refractivity contribution in [2.75, 3.05) is 24.6 Å². The number of hydrogen-bond acceptors (Lipinski definition) is 4. The fraction of sp³-hybridized carbons (Fsp3) is 0.533. The van der Waals surface area contributed by atoms with Crippen LogP contribution in [0.25, 0.3) is 0 Å². The number of anilines is 1. The second-order valence-electron chi connectivity index (χ2n) is 5.23. The van der Waals surface area contributed by atoms with Crippen LogP contribution in [0.3, 0.4) is 0 Å². The van der Waals surface area contributed by atoms with Gasteiger partial charge in [0.15, 0.2) is 5.78 Å². The minimum atomic E-state index is 0.0940. The van der Waals surface area contributed by atoms with Gasteiger partial charge in [0.25, 0.3) is 0 Å². The van der Waals surface area contributed by atoms with Gasteiger partial charge in [-0.25, -0.2) is 0 Å². The molecule has 1 aliphatic heterocycles. The SMILES string of the molecule is CC(=O)c1cccc(N2CC(CCO)NCC2C)c1. The van der Waals surface area contributed by atoms with Gasteiger partial charge in [-0.05, 0) is 32.4 Å². The molecule has 0 saturated carbocycles. The minimum Gasteiger partial charge on any atom is -0.396 e. The number of nitrogens with zero attached hydrogens (tertiary/aromatic N) is 1. The molecule has 0 spiro atoms. The molecule has 2 rings (SSSR count). The van der Waals surface area contributed by atoms with E-state index in [-0.39, 0.29) is 12.4 Å². The van der Waals surface area contributed by atoms with Crippen molar-refractivity contribution in [3.8, 4) is 0 Å². The molecule has 19 heavy (non-hydrogen) atoms. The van der Waals surface area contributed by atoms with Crippen molar-refractivity contribution in [2.24, 2.45) is 0 Å². The normalized spacial score (nSPS) is 23.4. The summed E-state index contributed by atoms with van der Waals surface area (Å²) in [5.74, 6) is 0.0940. The van der Waals surface area contributed by atoms with Gasteiger partial charge in [0.05, 0.1) is 0 Å². The molecule has 104 valence electrons. The summed E-state index contributed by atoms with van der Waals surface area (Å²) < 4.78 is 0. The van der Waals surface area contributed by atoms with Crippen molar-refractivity contribution in [2.45, 2.75) is 32.4 Å². The Morgan fingerprint density at radius 2 is 2.32 bits per heavy atom. The number of piperazine rings is 1. The van der Waals surface area contributed by atoms with E-state index in [1.807, 2.05) is 24.3 Å². The second-order valence-corrected chi connectivity index (χ2v) is 5.23. The third-order valence-corrected chi connectivity index (χ3v) is 3.71. The highest BCUT2D eigenvalue weighted by Crippen LogP contribution is 2.22. The number of Topliss-reactive ketones (excluding diaryl/α,β-unsaturated/α-hetero) is 1. The van der Waals surface area contributed by atoms with Crippen LogP contribution in [0.5, 0.6) is 0 Å². The van der Waals surface area contributed by atoms with E-state index in [1.54, 1.807) is 6.92 Å². The first kappa shape index (κ1) is 14.0. The fourth-order valence-corrected chi connectivity index (χ4v) is 2.54. The van der Waals surface area contributed by atoms with Gasteiger partial charge in [0, 0.05) is 43.0 Å². The molecule has 2 N–H and O–H groups in total. The molecule has 0 amide bonds. The number of hydrogen-bond donors (Lipinski definition) is 2. The highest BCUT2D eigenvalue weighted by molar-refractivity contribution is 5.95. The van der Waals surface area contributed by atoms with Gasteiger partial charge in [-0.3, -0.25) is 4.79 Å². The van der Waals surface area contributed by atoms with Crippen LogP contribution in [0, 0.1) is 0 Å². The number of aliphatic hydroxyl groups is 1. The molecule has 2 unspecified atom stereocenters. The standard InChI is InChI=1S/C15H22N2O2/c1-11-9-16-14(6-7-18)10-17(11)15-5-3-4-13(8-15)12(2)19/h3-5,8,11,14,16,18H,6-7,9-10H2,1-2H3. The average molecular weight is 262 g/mol. The Balaban J connectivity index is 2.18. The lowest BCUT2D eigenvalue weighted by Gasteiger charge is -2.40. The Labute approximate surface area is 114 Å². The molecule has 0 aliphatic carbocycles.